The smallest absolute Gasteiger partial charge is 0.320 e. The molecule has 0 saturated carbocycles. The van der Waals surface area contributed by atoms with Gasteiger partial charge in [0.2, 0.25) is 0 Å². The van der Waals surface area contributed by atoms with E-state index in [1.807, 2.05) is 16.9 Å². The van der Waals surface area contributed by atoms with Crippen molar-refractivity contribution in [2.45, 2.75) is 31.8 Å². The number of methoxy groups -OCH3 is 1. The van der Waals surface area contributed by atoms with Crippen LogP contribution in [-0.2, 0) is 9.47 Å². The summed E-state index contributed by atoms with van der Waals surface area (Å²) < 4.78 is 18.4. The van der Waals surface area contributed by atoms with Crippen molar-refractivity contribution in [3.8, 4) is 11.8 Å². The number of aliphatic hydroxyl groups is 1. The summed E-state index contributed by atoms with van der Waals surface area (Å²) in [6, 6.07) is 6.70. The summed E-state index contributed by atoms with van der Waals surface area (Å²) >= 11 is 0. The van der Waals surface area contributed by atoms with E-state index in [0.29, 0.717) is 37.4 Å². The Morgan fingerprint density at radius 1 is 1.12 bits per heavy atom. The van der Waals surface area contributed by atoms with Crippen LogP contribution in [0.1, 0.15) is 29.9 Å². The van der Waals surface area contributed by atoms with Crippen LogP contribution in [0, 0.1) is 6.92 Å². The average Bonchev–Trinajstić information content (AvgIpc) is 3.20. The second kappa shape index (κ2) is 9.01. The van der Waals surface area contributed by atoms with E-state index in [4.69, 9.17) is 19.3 Å². The Balaban J connectivity index is 1.48. The van der Waals surface area contributed by atoms with Gasteiger partial charge in [0.1, 0.15) is 5.82 Å². The number of aryl methyl sites for hydroxylation is 1. The molecule has 2 aliphatic heterocycles. The molecule has 9 heteroatoms. The van der Waals surface area contributed by atoms with E-state index in [0.717, 1.165) is 42.8 Å². The van der Waals surface area contributed by atoms with Gasteiger partial charge in [-0.25, -0.2) is 4.68 Å². The van der Waals surface area contributed by atoms with Crippen molar-refractivity contribution in [1.82, 2.24) is 19.7 Å². The quantitative estimate of drug-likeness (QED) is 0.599. The molecule has 2 fully saturated rings. The fraction of sp³-hybridized carbons (Fsp3) is 0.522. The van der Waals surface area contributed by atoms with E-state index in [-0.39, 0.29) is 12.7 Å². The number of ether oxygens (including phenoxy) is 3. The van der Waals surface area contributed by atoms with E-state index in [9.17, 15) is 0 Å². The average molecular weight is 440 g/mol. The summed E-state index contributed by atoms with van der Waals surface area (Å²) in [4.78, 5) is 11.2. The topological polar surface area (TPSA) is 94.8 Å². The maximum Gasteiger partial charge on any atom is 0.320 e. The molecule has 1 N–H and O–H groups in total. The molecule has 5 rings (SSSR count). The number of aliphatic hydroxyl groups excluding tert-OH is 1. The Morgan fingerprint density at radius 2 is 1.91 bits per heavy atom. The standard InChI is InChI=1S/C23H29N5O4/c1-15-9-17-12-24-28(20(17)10-19(15)16-3-6-31-7-4-16)22-11-21(25-23(26-22)30-2)27-13-18(14-27)32-8-5-29/h9-12,16,18,29H,3-8,13-14H2,1-2H3. The predicted molar refractivity (Wildman–Crippen MR) is 120 cm³/mol. The van der Waals surface area contributed by atoms with Gasteiger partial charge in [-0.1, -0.05) is 0 Å². The Morgan fingerprint density at radius 3 is 2.66 bits per heavy atom. The summed E-state index contributed by atoms with van der Waals surface area (Å²) in [6.45, 7) is 5.61. The van der Waals surface area contributed by atoms with E-state index < -0.39 is 0 Å². The van der Waals surface area contributed by atoms with Crippen LogP contribution in [0.5, 0.6) is 6.01 Å². The van der Waals surface area contributed by atoms with Crippen LogP contribution in [0.3, 0.4) is 0 Å². The monoisotopic (exact) mass is 439 g/mol. The molecule has 0 bridgehead atoms. The third-order valence-corrected chi connectivity index (χ3v) is 6.31. The molecule has 32 heavy (non-hydrogen) atoms. The van der Waals surface area contributed by atoms with Crippen molar-refractivity contribution in [2.24, 2.45) is 0 Å². The zero-order chi connectivity index (χ0) is 22.1. The molecule has 0 radical (unpaired) electrons. The molecular weight excluding hydrogens is 410 g/mol. The molecule has 0 aliphatic carbocycles. The van der Waals surface area contributed by atoms with Gasteiger partial charge in [0.25, 0.3) is 0 Å². The van der Waals surface area contributed by atoms with Crippen molar-refractivity contribution in [3.63, 3.8) is 0 Å². The first-order valence-corrected chi connectivity index (χ1v) is 11.1. The Kier molecular flexibility index (Phi) is 5.95. The van der Waals surface area contributed by atoms with E-state index in [1.54, 1.807) is 7.11 Å². The highest BCUT2D eigenvalue weighted by Crippen LogP contribution is 2.33. The van der Waals surface area contributed by atoms with Gasteiger partial charge in [0.05, 0.1) is 38.1 Å². The van der Waals surface area contributed by atoms with Crippen molar-refractivity contribution < 1.29 is 19.3 Å². The summed E-state index contributed by atoms with van der Waals surface area (Å²) in [5, 5.41) is 14.7. The second-order valence-electron chi connectivity index (χ2n) is 8.40. The van der Waals surface area contributed by atoms with Crippen LogP contribution < -0.4 is 9.64 Å². The van der Waals surface area contributed by atoms with E-state index in [2.05, 4.69) is 39.0 Å². The first-order chi connectivity index (χ1) is 15.7. The summed E-state index contributed by atoms with van der Waals surface area (Å²) in [7, 11) is 1.57. The van der Waals surface area contributed by atoms with Crippen LogP contribution in [-0.4, -0.2) is 77.6 Å². The highest BCUT2D eigenvalue weighted by atomic mass is 16.5. The summed E-state index contributed by atoms with van der Waals surface area (Å²) in [5.41, 5.74) is 3.67. The van der Waals surface area contributed by atoms with Crippen molar-refractivity contribution in [1.29, 1.82) is 0 Å². The number of rotatable bonds is 7. The van der Waals surface area contributed by atoms with Gasteiger partial charge in [-0.3, -0.25) is 0 Å². The third kappa shape index (κ3) is 4.03. The number of hydrogen-bond donors (Lipinski definition) is 1. The van der Waals surface area contributed by atoms with Crippen molar-refractivity contribution in [2.75, 3.05) is 51.5 Å². The number of benzene rings is 1. The van der Waals surface area contributed by atoms with Crippen molar-refractivity contribution in [3.05, 3.63) is 35.5 Å². The first kappa shape index (κ1) is 21.1. The highest BCUT2D eigenvalue weighted by molar-refractivity contribution is 5.82. The van der Waals surface area contributed by atoms with Crippen LogP contribution in [0.15, 0.2) is 24.4 Å². The van der Waals surface area contributed by atoms with E-state index in [1.165, 1.54) is 11.1 Å². The fourth-order valence-electron chi connectivity index (χ4n) is 4.55. The molecule has 3 aromatic rings. The summed E-state index contributed by atoms with van der Waals surface area (Å²) in [5.74, 6) is 1.95. The van der Waals surface area contributed by atoms with Gasteiger partial charge < -0.3 is 24.2 Å². The molecular formula is C23H29N5O4. The lowest BCUT2D eigenvalue weighted by atomic mass is 9.88. The van der Waals surface area contributed by atoms with Crippen LogP contribution >= 0.6 is 0 Å². The molecule has 4 heterocycles. The minimum absolute atomic E-state index is 0.0314. The van der Waals surface area contributed by atoms with Crippen LogP contribution in [0.2, 0.25) is 0 Å². The zero-order valence-corrected chi connectivity index (χ0v) is 18.5. The van der Waals surface area contributed by atoms with Gasteiger partial charge >= 0.3 is 6.01 Å². The lowest BCUT2D eigenvalue weighted by Crippen LogP contribution is -2.53. The largest absolute Gasteiger partial charge is 0.467 e. The van der Waals surface area contributed by atoms with Crippen LogP contribution in [0.4, 0.5) is 5.82 Å². The number of aromatic nitrogens is 4. The molecule has 0 amide bonds. The number of fused-ring (bicyclic) bond motifs is 1. The molecule has 9 nitrogen and oxygen atoms in total. The minimum atomic E-state index is 0.0314. The minimum Gasteiger partial charge on any atom is -0.467 e. The fourth-order valence-corrected chi connectivity index (χ4v) is 4.55. The summed E-state index contributed by atoms with van der Waals surface area (Å²) in [6.07, 6.45) is 4.07. The van der Waals surface area contributed by atoms with Crippen LogP contribution in [0.25, 0.3) is 16.7 Å². The van der Waals surface area contributed by atoms with Gasteiger partial charge in [-0.2, -0.15) is 15.1 Å². The van der Waals surface area contributed by atoms with E-state index >= 15 is 0 Å². The SMILES string of the molecule is COc1nc(N2CC(OCCO)C2)cc(-n2ncc3cc(C)c(C4CCOCC4)cc32)n1. The maximum atomic E-state index is 8.94. The normalized spacial score (nSPS) is 17.7. The molecule has 0 unspecified atom stereocenters. The maximum absolute atomic E-state index is 8.94. The molecule has 170 valence electrons. The molecule has 2 aliphatic rings. The highest BCUT2D eigenvalue weighted by Gasteiger charge is 2.29. The second-order valence-corrected chi connectivity index (χ2v) is 8.40. The molecule has 2 aromatic heterocycles. The Hall–Kier alpha value is -2.75. The predicted octanol–water partition coefficient (Wildman–Crippen LogP) is 2.22. The van der Waals surface area contributed by atoms with Gasteiger partial charge in [-0.15, -0.1) is 0 Å². The lowest BCUT2D eigenvalue weighted by molar-refractivity contribution is 0.0132. The number of nitrogens with zero attached hydrogens (tertiary/aromatic N) is 5. The van der Waals surface area contributed by atoms with Gasteiger partial charge in [0.15, 0.2) is 5.82 Å². The number of anilines is 1. The molecule has 0 atom stereocenters. The molecule has 1 aromatic carbocycles. The zero-order valence-electron chi connectivity index (χ0n) is 18.5. The molecule has 2 saturated heterocycles. The van der Waals surface area contributed by atoms with Gasteiger partial charge in [0, 0.05) is 37.8 Å². The third-order valence-electron chi connectivity index (χ3n) is 6.31. The first-order valence-electron chi connectivity index (χ1n) is 11.1. The molecule has 0 spiro atoms. The Bertz CT molecular complexity index is 1090. The number of hydrogen-bond acceptors (Lipinski definition) is 8. The Labute approximate surface area is 186 Å². The van der Waals surface area contributed by atoms with Gasteiger partial charge in [-0.05, 0) is 48.9 Å². The lowest BCUT2D eigenvalue weighted by Gasteiger charge is -2.39. The van der Waals surface area contributed by atoms with Crippen molar-refractivity contribution >= 4 is 16.7 Å².